The van der Waals surface area contributed by atoms with E-state index in [-0.39, 0.29) is 11.3 Å². The van der Waals surface area contributed by atoms with Crippen LogP contribution in [-0.2, 0) is 0 Å². The maximum Gasteiger partial charge on any atom is 0.335 e. The molecule has 0 saturated heterocycles. The lowest BCUT2D eigenvalue weighted by molar-refractivity contribution is 0.0697. The topological polar surface area (TPSA) is 87.7 Å². The minimum Gasteiger partial charge on any atom is -0.508 e. The van der Waals surface area contributed by atoms with Crippen LogP contribution in [0.15, 0.2) is 54.7 Å². The molecular formula is C17H11N3O3S. The van der Waals surface area contributed by atoms with Gasteiger partial charge in [-0.15, -0.1) is 0 Å². The lowest BCUT2D eigenvalue weighted by Crippen LogP contribution is -1.95. The zero-order chi connectivity index (χ0) is 16.7. The highest BCUT2D eigenvalue weighted by Gasteiger charge is 2.13. The summed E-state index contributed by atoms with van der Waals surface area (Å²) in [6.45, 7) is 0. The summed E-state index contributed by atoms with van der Waals surface area (Å²) in [7, 11) is 0. The monoisotopic (exact) mass is 337 g/mol. The number of rotatable bonds is 3. The number of aromatic nitrogens is 3. The summed E-state index contributed by atoms with van der Waals surface area (Å²) >= 11 is 1.44. The normalized spacial score (nSPS) is 11.0. The Bertz CT molecular complexity index is 1030. The lowest BCUT2D eigenvalue weighted by Gasteiger charge is -2.00. The molecule has 0 aliphatic rings. The van der Waals surface area contributed by atoms with Crippen molar-refractivity contribution in [2.75, 3.05) is 0 Å². The average Bonchev–Trinajstić information content (AvgIpc) is 3.16. The Kier molecular flexibility index (Phi) is 3.28. The van der Waals surface area contributed by atoms with Gasteiger partial charge in [-0.2, -0.15) is 5.10 Å². The average molecular weight is 337 g/mol. The maximum absolute atomic E-state index is 10.9. The highest BCUT2D eigenvalue weighted by molar-refractivity contribution is 7.19. The molecule has 2 heterocycles. The highest BCUT2D eigenvalue weighted by Crippen LogP contribution is 2.30. The van der Waals surface area contributed by atoms with Gasteiger partial charge in [-0.1, -0.05) is 23.5 Å². The predicted molar refractivity (Wildman–Crippen MR) is 90.4 cm³/mol. The number of carboxylic acid groups (broad SMARTS) is 1. The number of imidazole rings is 1. The molecule has 0 aliphatic heterocycles. The SMILES string of the molecule is O=C(O)c1ccc(-c2cnc3sc(-c4ccc(O)cc4)nn23)cc1. The Morgan fingerprint density at radius 2 is 1.67 bits per heavy atom. The van der Waals surface area contributed by atoms with Gasteiger partial charge in [0.15, 0.2) is 0 Å². The Labute approximate surface area is 140 Å². The van der Waals surface area contributed by atoms with E-state index in [0.717, 1.165) is 26.8 Å². The molecule has 2 aromatic carbocycles. The highest BCUT2D eigenvalue weighted by atomic mass is 32.1. The van der Waals surface area contributed by atoms with Crippen molar-refractivity contribution < 1.29 is 15.0 Å². The molecule has 4 rings (SSSR count). The van der Waals surface area contributed by atoms with Crippen LogP contribution in [0.25, 0.3) is 26.8 Å². The van der Waals surface area contributed by atoms with Crippen molar-refractivity contribution in [1.82, 2.24) is 14.6 Å². The van der Waals surface area contributed by atoms with Gasteiger partial charge in [0.2, 0.25) is 4.96 Å². The molecule has 6 nitrogen and oxygen atoms in total. The van der Waals surface area contributed by atoms with E-state index in [9.17, 15) is 9.90 Å². The number of carbonyl (C=O) groups is 1. The van der Waals surface area contributed by atoms with Crippen molar-refractivity contribution in [1.29, 1.82) is 0 Å². The quantitative estimate of drug-likeness (QED) is 0.597. The van der Waals surface area contributed by atoms with Crippen LogP contribution in [0.4, 0.5) is 0 Å². The molecule has 0 fully saturated rings. The first-order valence-electron chi connectivity index (χ1n) is 7.09. The van der Waals surface area contributed by atoms with E-state index in [4.69, 9.17) is 5.11 Å². The third-order valence-electron chi connectivity index (χ3n) is 3.63. The van der Waals surface area contributed by atoms with Crippen LogP contribution in [0.1, 0.15) is 10.4 Å². The molecule has 4 aromatic rings. The van der Waals surface area contributed by atoms with Gasteiger partial charge in [-0.05, 0) is 36.4 Å². The number of phenols is 1. The van der Waals surface area contributed by atoms with E-state index < -0.39 is 5.97 Å². The van der Waals surface area contributed by atoms with Gasteiger partial charge in [0.05, 0.1) is 17.5 Å². The fourth-order valence-electron chi connectivity index (χ4n) is 2.39. The predicted octanol–water partition coefficient (Wildman–Crippen LogP) is 3.53. The van der Waals surface area contributed by atoms with Gasteiger partial charge in [0.25, 0.3) is 0 Å². The molecule has 0 unspecified atom stereocenters. The largest absolute Gasteiger partial charge is 0.508 e. The Hall–Kier alpha value is -3.19. The molecule has 0 saturated carbocycles. The van der Waals surface area contributed by atoms with Gasteiger partial charge >= 0.3 is 5.97 Å². The first-order chi connectivity index (χ1) is 11.6. The lowest BCUT2D eigenvalue weighted by atomic mass is 10.1. The minimum absolute atomic E-state index is 0.208. The van der Waals surface area contributed by atoms with Gasteiger partial charge in [0.1, 0.15) is 10.8 Å². The molecule has 7 heteroatoms. The summed E-state index contributed by atoms with van der Waals surface area (Å²) in [4.78, 5) is 16.1. The molecule has 2 aromatic heterocycles. The summed E-state index contributed by atoms with van der Waals surface area (Å²) in [6.07, 6.45) is 1.72. The molecule has 118 valence electrons. The van der Waals surface area contributed by atoms with Crippen molar-refractivity contribution in [2.24, 2.45) is 0 Å². The molecule has 0 atom stereocenters. The smallest absolute Gasteiger partial charge is 0.335 e. The van der Waals surface area contributed by atoms with E-state index >= 15 is 0 Å². The van der Waals surface area contributed by atoms with Crippen LogP contribution in [0.3, 0.4) is 0 Å². The summed E-state index contributed by atoms with van der Waals surface area (Å²) in [5, 5.41) is 23.7. The number of phenolic OH excluding ortho intramolecular Hbond substituents is 1. The zero-order valence-corrected chi connectivity index (χ0v) is 13.1. The molecule has 0 radical (unpaired) electrons. The zero-order valence-electron chi connectivity index (χ0n) is 12.2. The molecular weight excluding hydrogens is 326 g/mol. The third kappa shape index (κ3) is 2.40. The summed E-state index contributed by atoms with van der Waals surface area (Å²) < 4.78 is 1.74. The van der Waals surface area contributed by atoms with E-state index in [0.29, 0.717) is 0 Å². The second kappa shape index (κ2) is 5.47. The van der Waals surface area contributed by atoms with Crippen molar-refractivity contribution in [2.45, 2.75) is 0 Å². The van der Waals surface area contributed by atoms with Crippen molar-refractivity contribution >= 4 is 22.3 Å². The first kappa shape index (κ1) is 14.4. The summed E-state index contributed by atoms with van der Waals surface area (Å²) in [6, 6.07) is 13.4. The number of aromatic carboxylic acids is 1. The van der Waals surface area contributed by atoms with Crippen molar-refractivity contribution in [3.63, 3.8) is 0 Å². The molecule has 0 spiro atoms. The first-order valence-corrected chi connectivity index (χ1v) is 7.91. The van der Waals surface area contributed by atoms with Gasteiger partial charge in [-0.25, -0.2) is 14.3 Å². The van der Waals surface area contributed by atoms with Crippen LogP contribution in [0, 0.1) is 0 Å². The number of fused-ring (bicyclic) bond motifs is 1. The van der Waals surface area contributed by atoms with Crippen LogP contribution < -0.4 is 0 Å². The second-order valence-corrected chi connectivity index (χ2v) is 6.13. The van der Waals surface area contributed by atoms with Gasteiger partial charge in [-0.3, -0.25) is 0 Å². The van der Waals surface area contributed by atoms with Crippen LogP contribution in [0.5, 0.6) is 5.75 Å². The second-order valence-electron chi connectivity index (χ2n) is 5.17. The van der Waals surface area contributed by atoms with E-state index in [2.05, 4.69) is 10.1 Å². The maximum atomic E-state index is 10.9. The van der Waals surface area contributed by atoms with Crippen LogP contribution in [0.2, 0.25) is 0 Å². The summed E-state index contributed by atoms with van der Waals surface area (Å²) in [5.74, 6) is -0.748. The van der Waals surface area contributed by atoms with Gasteiger partial charge < -0.3 is 10.2 Å². The molecule has 0 amide bonds. The van der Waals surface area contributed by atoms with E-state index in [1.54, 1.807) is 59.2 Å². The fourth-order valence-corrected chi connectivity index (χ4v) is 3.27. The van der Waals surface area contributed by atoms with Crippen molar-refractivity contribution in [3.8, 4) is 27.6 Å². The summed E-state index contributed by atoms with van der Waals surface area (Å²) in [5.41, 5.74) is 2.77. The Morgan fingerprint density at radius 3 is 2.33 bits per heavy atom. The number of hydrogen-bond donors (Lipinski definition) is 2. The Morgan fingerprint density at radius 1 is 1.00 bits per heavy atom. The third-order valence-corrected chi connectivity index (χ3v) is 4.60. The van der Waals surface area contributed by atoms with Crippen LogP contribution >= 0.6 is 11.3 Å². The van der Waals surface area contributed by atoms with Crippen LogP contribution in [-0.4, -0.2) is 30.8 Å². The number of benzene rings is 2. The number of hydrogen-bond acceptors (Lipinski definition) is 5. The number of nitrogens with zero attached hydrogens (tertiary/aromatic N) is 3. The van der Waals surface area contributed by atoms with E-state index in [1.807, 2.05) is 0 Å². The molecule has 24 heavy (non-hydrogen) atoms. The number of aromatic hydroxyl groups is 1. The number of carboxylic acids is 1. The fraction of sp³-hybridized carbons (Fsp3) is 0. The van der Waals surface area contributed by atoms with E-state index in [1.165, 1.54) is 11.3 Å². The standard InChI is InChI=1S/C17H11N3O3S/c21-13-7-5-11(6-8-13)15-19-20-14(9-18-17(20)24-15)10-1-3-12(4-2-10)16(22)23/h1-9,21H,(H,22,23). The molecule has 0 bridgehead atoms. The minimum atomic E-state index is -0.955. The Balaban J connectivity index is 1.77. The van der Waals surface area contributed by atoms with Gasteiger partial charge in [0, 0.05) is 11.1 Å². The molecule has 2 N–H and O–H groups in total. The van der Waals surface area contributed by atoms with Crippen molar-refractivity contribution in [3.05, 3.63) is 60.3 Å². The molecule has 0 aliphatic carbocycles.